The summed E-state index contributed by atoms with van der Waals surface area (Å²) in [6.07, 6.45) is 1.94. The van der Waals surface area contributed by atoms with Crippen LogP contribution in [0.5, 0.6) is 0 Å². The fourth-order valence-electron chi connectivity index (χ4n) is 2.37. The number of ether oxygens (including phenoxy) is 1. The van der Waals surface area contributed by atoms with E-state index in [9.17, 15) is 13.2 Å². The molecule has 1 aliphatic heterocycles. The Balaban J connectivity index is 2.50. The van der Waals surface area contributed by atoms with Crippen molar-refractivity contribution in [3.8, 4) is 0 Å². The summed E-state index contributed by atoms with van der Waals surface area (Å²) < 4.78 is 30.8. The lowest BCUT2D eigenvalue weighted by Crippen LogP contribution is -2.40. The molecule has 1 N–H and O–H groups in total. The SMILES string of the molecule is CCOC(=O)CCS(=O)(=O)N(CC)CC1CCNCC1. The Morgan fingerprint density at radius 1 is 1.30 bits per heavy atom. The average Bonchev–Trinajstić information content (AvgIpc) is 2.44. The van der Waals surface area contributed by atoms with Gasteiger partial charge in [0.2, 0.25) is 10.0 Å². The quantitative estimate of drug-likeness (QED) is 0.664. The van der Waals surface area contributed by atoms with E-state index < -0.39 is 16.0 Å². The molecule has 1 saturated heterocycles. The largest absolute Gasteiger partial charge is 0.466 e. The summed E-state index contributed by atoms with van der Waals surface area (Å²) in [6, 6.07) is 0. The number of nitrogens with one attached hydrogen (secondary N) is 1. The van der Waals surface area contributed by atoms with Crippen LogP contribution in [0.1, 0.15) is 33.1 Å². The Morgan fingerprint density at radius 3 is 2.50 bits per heavy atom. The van der Waals surface area contributed by atoms with Crippen molar-refractivity contribution in [3.05, 3.63) is 0 Å². The summed E-state index contributed by atoms with van der Waals surface area (Å²) in [5.41, 5.74) is 0. The molecule has 118 valence electrons. The van der Waals surface area contributed by atoms with Crippen molar-refractivity contribution in [2.45, 2.75) is 33.1 Å². The van der Waals surface area contributed by atoms with Gasteiger partial charge >= 0.3 is 5.97 Å². The average molecular weight is 306 g/mol. The van der Waals surface area contributed by atoms with Crippen LogP contribution >= 0.6 is 0 Å². The van der Waals surface area contributed by atoms with Crippen LogP contribution < -0.4 is 5.32 Å². The molecule has 1 aliphatic rings. The van der Waals surface area contributed by atoms with Crippen LogP contribution in [-0.4, -0.2) is 57.2 Å². The summed E-state index contributed by atoms with van der Waals surface area (Å²) >= 11 is 0. The molecule has 0 spiro atoms. The molecule has 0 aromatic heterocycles. The van der Waals surface area contributed by atoms with Gasteiger partial charge in [0.1, 0.15) is 0 Å². The molecule has 1 rings (SSSR count). The van der Waals surface area contributed by atoms with Gasteiger partial charge in [-0.15, -0.1) is 0 Å². The lowest BCUT2D eigenvalue weighted by atomic mass is 9.98. The van der Waals surface area contributed by atoms with Gasteiger partial charge in [0, 0.05) is 13.1 Å². The number of hydrogen-bond donors (Lipinski definition) is 1. The predicted molar refractivity (Wildman–Crippen MR) is 77.9 cm³/mol. The maximum atomic E-state index is 12.2. The molecule has 6 nitrogen and oxygen atoms in total. The van der Waals surface area contributed by atoms with Crippen molar-refractivity contribution in [2.75, 3.05) is 38.5 Å². The van der Waals surface area contributed by atoms with Crippen LogP contribution in [0.2, 0.25) is 0 Å². The van der Waals surface area contributed by atoms with Crippen LogP contribution in [0, 0.1) is 5.92 Å². The van der Waals surface area contributed by atoms with Crippen molar-refractivity contribution < 1.29 is 17.9 Å². The molecular weight excluding hydrogens is 280 g/mol. The van der Waals surface area contributed by atoms with Crippen molar-refractivity contribution in [3.63, 3.8) is 0 Å². The molecule has 7 heteroatoms. The third-order valence-electron chi connectivity index (χ3n) is 3.54. The highest BCUT2D eigenvalue weighted by molar-refractivity contribution is 7.89. The number of carbonyl (C=O) groups excluding carboxylic acids is 1. The first kappa shape index (κ1) is 17.4. The van der Waals surface area contributed by atoms with Crippen molar-refractivity contribution >= 4 is 16.0 Å². The van der Waals surface area contributed by atoms with Gasteiger partial charge in [-0.3, -0.25) is 4.79 Å². The highest BCUT2D eigenvalue weighted by atomic mass is 32.2. The second-order valence-corrected chi connectivity index (χ2v) is 7.10. The van der Waals surface area contributed by atoms with Crippen LogP contribution in [0.25, 0.3) is 0 Å². The molecule has 1 heterocycles. The minimum absolute atomic E-state index is 0.0705. The zero-order valence-electron chi connectivity index (χ0n) is 12.4. The maximum absolute atomic E-state index is 12.2. The van der Waals surface area contributed by atoms with Gasteiger partial charge in [0.05, 0.1) is 18.8 Å². The number of nitrogens with zero attached hydrogens (tertiary/aromatic N) is 1. The maximum Gasteiger partial charge on any atom is 0.306 e. The molecule has 0 saturated carbocycles. The molecule has 20 heavy (non-hydrogen) atoms. The number of hydrogen-bond acceptors (Lipinski definition) is 5. The molecule has 0 aliphatic carbocycles. The van der Waals surface area contributed by atoms with E-state index in [1.54, 1.807) is 6.92 Å². The Kier molecular flexibility index (Phi) is 7.47. The minimum atomic E-state index is -3.37. The van der Waals surface area contributed by atoms with Crippen LogP contribution in [0.4, 0.5) is 0 Å². The second kappa shape index (κ2) is 8.59. The summed E-state index contributed by atoms with van der Waals surface area (Å²) in [6.45, 7) is 6.74. The van der Waals surface area contributed by atoms with Crippen LogP contribution in [0.15, 0.2) is 0 Å². The smallest absolute Gasteiger partial charge is 0.306 e. The monoisotopic (exact) mass is 306 g/mol. The normalized spacial score (nSPS) is 17.4. The molecule has 0 aromatic carbocycles. The number of piperidine rings is 1. The van der Waals surface area contributed by atoms with E-state index in [0.29, 0.717) is 19.0 Å². The third kappa shape index (κ3) is 5.76. The standard InChI is InChI=1S/C13H26N2O4S/c1-3-15(11-12-5-8-14-9-6-12)20(17,18)10-7-13(16)19-4-2/h12,14H,3-11H2,1-2H3. The zero-order valence-corrected chi connectivity index (χ0v) is 13.2. The summed E-state index contributed by atoms with van der Waals surface area (Å²) in [7, 11) is -3.37. The third-order valence-corrected chi connectivity index (χ3v) is 5.45. The van der Waals surface area contributed by atoms with Gasteiger partial charge < -0.3 is 10.1 Å². The van der Waals surface area contributed by atoms with E-state index in [4.69, 9.17) is 4.74 Å². The molecule has 1 fully saturated rings. The summed E-state index contributed by atoms with van der Waals surface area (Å²) in [5.74, 6) is -0.201. The van der Waals surface area contributed by atoms with Gasteiger partial charge in [-0.25, -0.2) is 12.7 Å². The van der Waals surface area contributed by atoms with Gasteiger partial charge in [-0.05, 0) is 38.8 Å². The Morgan fingerprint density at radius 2 is 1.95 bits per heavy atom. The number of sulfonamides is 1. The molecule has 0 amide bonds. The first-order valence-corrected chi connectivity index (χ1v) is 8.94. The molecule has 0 unspecified atom stereocenters. The van der Waals surface area contributed by atoms with Gasteiger partial charge in [-0.2, -0.15) is 0 Å². The van der Waals surface area contributed by atoms with E-state index in [-0.39, 0.29) is 18.8 Å². The fourth-order valence-corrected chi connectivity index (χ4v) is 3.88. The van der Waals surface area contributed by atoms with E-state index in [1.165, 1.54) is 4.31 Å². The first-order chi connectivity index (χ1) is 9.49. The molecular formula is C13H26N2O4S. The van der Waals surface area contributed by atoms with E-state index in [1.807, 2.05) is 6.92 Å². The summed E-state index contributed by atoms with van der Waals surface area (Å²) in [4.78, 5) is 11.3. The summed E-state index contributed by atoms with van der Waals surface area (Å²) in [5, 5.41) is 3.27. The molecule has 0 radical (unpaired) electrons. The van der Waals surface area contributed by atoms with Gasteiger partial charge in [0.15, 0.2) is 0 Å². The lowest BCUT2D eigenvalue weighted by Gasteiger charge is -2.28. The second-order valence-electron chi connectivity index (χ2n) is 5.02. The number of rotatable bonds is 8. The number of carbonyl (C=O) groups is 1. The highest BCUT2D eigenvalue weighted by Crippen LogP contribution is 2.16. The molecule has 0 atom stereocenters. The van der Waals surface area contributed by atoms with Crippen molar-refractivity contribution in [1.29, 1.82) is 0 Å². The predicted octanol–water partition coefficient (Wildman–Crippen LogP) is 0.591. The molecule has 0 aromatic rings. The Hall–Kier alpha value is -0.660. The highest BCUT2D eigenvalue weighted by Gasteiger charge is 2.25. The number of esters is 1. The van der Waals surface area contributed by atoms with Crippen LogP contribution in [0.3, 0.4) is 0 Å². The Labute approximate surface area is 121 Å². The van der Waals surface area contributed by atoms with E-state index >= 15 is 0 Å². The van der Waals surface area contributed by atoms with Crippen molar-refractivity contribution in [2.24, 2.45) is 5.92 Å². The van der Waals surface area contributed by atoms with Gasteiger partial charge in [0.25, 0.3) is 0 Å². The topological polar surface area (TPSA) is 75.7 Å². The minimum Gasteiger partial charge on any atom is -0.466 e. The van der Waals surface area contributed by atoms with E-state index in [2.05, 4.69) is 5.32 Å². The zero-order chi connectivity index (χ0) is 15.0. The molecule has 0 bridgehead atoms. The van der Waals surface area contributed by atoms with Crippen molar-refractivity contribution in [1.82, 2.24) is 9.62 Å². The van der Waals surface area contributed by atoms with E-state index in [0.717, 1.165) is 25.9 Å². The van der Waals surface area contributed by atoms with Gasteiger partial charge in [-0.1, -0.05) is 6.92 Å². The fraction of sp³-hybridized carbons (Fsp3) is 0.923. The lowest BCUT2D eigenvalue weighted by molar-refractivity contribution is -0.142. The van der Waals surface area contributed by atoms with Crippen LogP contribution in [-0.2, 0) is 19.6 Å². The first-order valence-electron chi connectivity index (χ1n) is 7.33. The Bertz CT molecular complexity index is 391.